The zero-order chi connectivity index (χ0) is 20.5. The first kappa shape index (κ1) is 18.9. The molecule has 2 aromatic carbocycles. The summed E-state index contributed by atoms with van der Waals surface area (Å²) in [6, 6.07) is 16.2. The largest absolute Gasteiger partial charge is 0.379 e. The van der Waals surface area contributed by atoms with E-state index in [2.05, 4.69) is 50.2 Å². The van der Waals surface area contributed by atoms with Gasteiger partial charge in [0.15, 0.2) is 0 Å². The zero-order valence-corrected chi connectivity index (χ0v) is 17.1. The highest BCUT2D eigenvalue weighted by atomic mass is 16.5. The molecule has 1 aliphatic heterocycles. The molecular formula is C24H26N4O2. The zero-order valence-electron chi connectivity index (χ0n) is 17.1. The van der Waals surface area contributed by atoms with Crippen LogP contribution in [0.3, 0.4) is 0 Å². The van der Waals surface area contributed by atoms with Crippen LogP contribution < -0.4 is 5.32 Å². The Balaban J connectivity index is 1.29. The Bertz CT molecular complexity index is 1200. The SMILES string of the molecule is Cc1ccc2cc(C(=O)Nc3ccc4c(ccn4CCN4CCOCC4)c3)[nH]c2c1. The lowest BCUT2D eigenvalue weighted by molar-refractivity contribution is 0.0365. The summed E-state index contributed by atoms with van der Waals surface area (Å²) in [6.07, 6.45) is 2.12. The molecule has 0 bridgehead atoms. The molecule has 6 nitrogen and oxygen atoms in total. The molecule has 0 unspecified atom stereocenters. The van der Waals surface area contributed by atoms with Crippen molar-refractivity contribution < 1.29 is 9.53 Å². The summed E-state index contributed by atoms with van der Waals surface area (Å²) in [5.41, 5.74) is 4.70. The fourth-order valence-corrected chi connectivity index (χ4v) is 4.11. The lowest BCUT2D eigenvalue weighted by Gasteiger charge is -2.26. The lowest BCUT2D eigenvalue weighted by Crippen LogP contribution is -2.38. The van der Waals surface area contributed by atoms with Gasteiger partial charge < -0.3 is 19.6 Å². The van der Waals surface area contributed by atoms with Gasteiger partial charge in [-0.2, -0.15) is 0 Å². The molecule has 3 heterocycles. The van der Waals surface area contributed by atoms with E-state index in [9.17, 15) is 4.79 Å². The number of aromatic nitrogens is 2. The van der Waals surface area contributed by atoms with E-state index in [4.69, 9.17) is 4.74 Å². The maximum atomic E-state index is 12.7. The summed E-state index contributed by atoms with van der Waals surface area (Å²) < 4.78 is 7.70. The van der Waals surface area contributed by atoms with Crippen LogP contribution in [-0.2, 0) is 11.3 Å². The number of fused-ring (bicyclic) bond motifs is 2. The number of aromatic amines is 1. The summed E-state index contributed by atoms with van der Waals surface area (Å²) in [6.45, 7) is 7.67. The second-order valence-electron chi connectivity index (χ2n) is 7.96. The summed E-state index contributed by atoms with van der Waals surface area (Å²) in [5, 5.41) is 5.18. The minimum atomic E-state index is -0.130. The Morgan fingerprint density at radius 1 is 1.03 bits per heavy atom. The number of carbonyl (C=O) groups excluding carboxylic acids is 1. The first-order valence-corrected chi connectivity index (χ1v) is 10.5. The molecule has 2 aromatic heterocycles. The van der Waals surface area contributed by atoms with Crippen LogP contribution >= 0.6 is 0 Å². The van der Waals surface area contributed by atoms with Crippen molar-refractivity contribution in [2.75, 3.05) is 38.2 Å². The molecular weight excluding hydrogens is 376 g/mol. The van der Waals surface area contributed by atoms with Crippen LogP contribution in [0.5, 0.6) is 0 Å². The molecule has 0 radical (unpaired) electrons. The molecule has 0 spiro atoms. The molecule has 0 aliphatic carbocycles. The summed E-state index contributed by atoms with van der Waals surface area (Å²) in [5.74, 6) is -0.130. The van der Waals surface area contributed by atoms with Crippen molar-refractivity contribution in [1.29, 1.82) is 0 Å². The van der Waals surface area contributed by atoms with Gasteiger partial charge >= 0.3 is 0 Å². The standard InChI is InChI=1S/C24H26N4O2/c1-17-2-3-18-16-22(26-21(18)14-17)24(29)25-20-4-5-23-19(15-20)6-7-28(23)9-8-27-10-12-30-13-11-27/h2-7,14-16,26H,8-13H2,1H3,(H,25,29). The number of aryl methyl sites for hydroxylation is 1. The summed E-state index contributed by atoms with van der Waals surface area (Å²) in [7, 11) is 0. The van der Waals surface area contributed by atoms with Gasteiger partial charge in [-0.1, -0.05) is 12.1 Å². The monoisotopic (exact) mass is 402 g/mol. The Kier molecular flexibility index (Phi) is 5.02. The van der Waals surface area contributed by atoms with E-state index in [0.717, 1.165) is 61.4 Å². The summed E-state index contributed by atoms with van der Waals surface area (Å²) in [4.78, 5) is 18.4. The minimum absolute atomic E-state index is 0.130. The quantitative estimate of drug-likeness (QED) is 0.530. The van der Waals surface area contributed by atoms with E-state index in [0.29, 0.717) is 5.69 Å². The number of ether oxygens (including phenoxy) is 1. The Morgan fingerprint density at radius 2 is 1.90 bits per heavy atom. The van der Waals surface area contributed by atoms with E-state index in [1.807, 2.05) is 31.2 Å². The number of H-pyrrole nitrogens is 1. The van der Waals surface area contributed by atoms with Crippen LogP contribution in [-0.4, -0.2) is 53.2 Å². The van der Waals surface area contributed by atoms with Gasteiger partial charge in [-0.05, 0) is 48.9 Å². The number of nitrogens with zero attached hydrogens (tertiary/aromatic N) is 2. The number of hydrogen-bond donors (Lipinski definition) is 2. The first-order chi connectivity index (χ1) is 14.7. The molecule has 0 atom stereocenters. The molecule has 154 valence electrons. The third kappa shape index (κ3) is 3.84. The Hall–Kier alpha value is -3.09. The molecule has 4 aromatic rings. The van der Waals surface area contributed by atoms with E-state index in [1.165, 1.54) is 11.1 Å². The second-order valence-corrected chi connectivity index (χ2v) is 7.96. The maximum absolute atomic E-state index is 12.7. The molecule has 6 heteroatoms. The van der Waals surface area contributed by atoms with Gasteiger partial charge in [0.1, 0.15) is 5.69 Å². The number of amides is 1. The Labute approximate surface area is 175 Å². The molecule has 1 saturated heterocycles. The number of benzene rings is 2. The van der Waals surface area contributed by atoms with Crippen molar-refractivity contribution in [1.82, 2.24) is 14.5 Å². The van der Waals surface area contributed by atoms with Gasteiger partial charge in [0.2, 0.25) is 0 Å². The van der Waals surface area contributed by atoms with E-state index >= 15 is 0 Å². The number of nitrogens with one attached hydrogen (secondary N) is 2. The highest BCUT2D eigenvalue weighted by molar-refractivity contribution is 6.06. The summed E-state index contributed by atoms with van der Waals surface area (Å²) >= 11 is 0. The van der Waals surface area contributed by atoms with Crippen molar-refractivity contribution in [3.8, 4) is 0 Å². The van der Waals surface area contributed by atoms with Crippen molar-refractivity contribution in [2.45, 2.75) is 13.5 Å². The van der Waals surface area contributed by atoms with Crippen molar-refractivity contribution in [3.05, 3.63) is 66.0 Å². The van der Waals surface area contributed by atoms with Gasteiger partial charge in [-0.3, -0.25) is 9.69 Å². The molecule has 5 rings (SSSR count). The number of morpholine rings is 1. The van der Waals surface area contributed by atoms with Crippen molar-refractivity contribution in [3.63, 3.8) is 0 Å². The predicted octanol–water partition coefficient (Wildman–Crippen LogP) is 4.02. The van der Waals surface area contributed by atoms with Gasteiger partial charge in [-0.15, -0.1) is 0 Å². The van der Waals surface area contributed by atoms with Crippen molar-refractivity contribution >= 4 is 33.4 Å². The smallest absolute Gasteiger partial charge is 0.272 e. The second kappa shape index (κ2) is 7.97. The van der Waals surface area contributed by atoms with Gasteiger partial charge in [-0.25, -0.2) is 0 Å². The first-order valence-electron chi connectivity index (χ1n) is 10.5. The molecule has 1 fully saturated rings. The van der Waals surface area contributed by atoms with Gasteiger partial charge in [0.25, 0.3) is 5.91 Å². The van der Waals surface area contributed by atoms with Gasteiger partial charge in [0, 0.05) is 59.9 Å². The molecule has 1 aliphatic rings. The minimum Gasteiger partial charge on any atom is -0.379 e. The third-order valence-corrected chi connectivity index (χ3v) is 5.81. The van der Waals surface area contributed by atoms with Crippen LogP contribution in [0.1, 0.15) is 16.1 Å². The number of anilines is 1. The predicted molar refractivity (Wildman–Crippen MR) is 120 cm³/mol. The molecule has 2 N–H and O–H groups in total. The molecule has 0 saturated carbocycles. The highest BCUT2D eigenvalue weighted by Crippen LogP contribution is 2.22. The van der Waals surface area contributed by atoms with E-state index in [-0.39, 0.29) is 5.91 Å². The van der Waals surface area contributed by atoms with Crippen LogP contribution in [0.2, 0.25) is 0 Å². The maximum Gasteiger partial charge on any atom is 0.272 e. The van der Waals surface area contributed by atoms with E-state index < -0.39 is 0 Å². The number of carbonyl (C=O) groups is 1. The van der Waals surface area contributed by atoms with Crippen LogP contribution in [0.25, 0.3) is 21.8 Å². The van der Waals surface area contributed by atoms with Crippen molar-refractivity contribution in [2.24, 2.45) is 0 Å². The van der Waals surface area contributed by atoms with E-state index in [1.54, 1.807) is 0 Å². The third-order valence-electron chi connectivity index (χ3n) is 5.81. The highest BCUT2D eigenvalue weighted by Gasteiger charge is 2.12. The lowest BCUT2D eigenvalue weighted by atomic mass is 10.2. The van der Waals surface area contributed by atoms with Crippen LogP contribution in [0.4, 0.5) is 5.69 Å². The van der Waals surface area contributed by atoms with Gasteiger partial charge in [0.05, 0.1) is 13.2 Å². The fourth-order valence-electron chi connectivity index (χ4n) is 4.11. The molecule has 30 heavy (non-hydrogen) atoms. The number of rotatable bonds is 5. The van der Waals surface area contributed by atoms with Crippen LogP contribution in [0, 0.1) is 6.92 Å². The van der Waals surface area contributed by atoms with Crippen LogP contribution in [0.15, 0.2) is 54.7 Å². The fraction of sp³-hybridized carbons (Fsp3) is 0.292. The Morgan fingerprint density at radius 3 is 2.77 bits per heavy atom. The number of hydrogen-bond acceptors (Lipinski definition) is 3. The normalized spacial score (nSPS) is 15.1. The average molecular weight is 402 g/mol. The topological polar surface area (TPSA) is 62.3 Å². The molecule has 1 amide bonds. The average Bonchev–Trinajstić information content (AvgIpc) is 3.36.